The van der Waals surface area contributed by atoms with Gasteiger partial charge in [-0.15, -0.1) is 0 Å². The third-order valence-corrected chi connectivity index (χ3v) is 2.56. The standard InChI is InChI=1S/C13H15F4NO2/c1-3-20-12(19)11(18-7-13(15,16)17)9-5-4-8(2)10(14)6-9/h4-6,11,18H,3,7H2,1-2H3. The summed E-state index contributed by atoms with van der Waals surface area (Å²) in [6, 6.07) is 2.46. The fourth-order valence-corrected chi connectivity index (χ4v) is 1.57. The molecule has 20 heavy (non-hydrogen) atoms. The summed E-state index contributed by atoms with van der Waals surface area (Å²) in [5.41, 5.74) is 0.433. The third kappa shape index (κ3) is 4.80. The smallest absolute Gasteiger partial charge is 0.401 e. The van der Waals surface area contributed by atoms with Gasteiger partial charge in [-0.1, -0.05) is 12.1 Å². The number of halogens is 4. The SMILES string of the molecule is CCOC(=O)C(NCC(F)(F)F)c1ccc(C)c(F)c1. The Labute approximate surface area is 113 Å². The van der Waals surface area contributed by atoms with Crippen molar-refractivity contribution in [1.29, 1.82) is 0 Å². The second kappa shape index (κ2) is 6.69. The number of aryl methyl sites for hydroxylation is 1. The predicted molar refractivity (Wildman–Crippen MR) is 64.6 cm³/mol. The maximum atomic E-state index is 13.5. The Morgan fingerprint density at radius 3 is 2.55 bits per heavy atom. The van der Waals surface area contributed by atoms with Crippen LogP contribution in [0.15, 0.2) is 18.2 Å². The average molecular weight is 293 g/mol. The number of alkyl halides is 3. The van der Waals surface area contributed by atoms with E-state index >= 15 is 0 Å². The summed E-state index contributed by atoms with van der Waals surface area (Å²) in [4.78, 5) is 11.7. The Morgan fingerprint density at radius 1 is 1.40 bits per heavy atom. The largest absolute Gasteiger partial charge is 0.465 e. The van der Waals surface area contributed by atoms with Crippen LogP contribution in [0.3, 0.4) is 0 Å². The van der Waals surface area contributed by atoms with Gasteiger partial charge in [-0.3, -0.25) is 5.32 Å². The molecule has 1 N–H and O–H groups in total. The molecule has 0 heterocycles. The molecule has 0 aliphatic heterocycles. The summed E-state index contributed by atoms with van der Waals surface area (Å²) in [5.74, 6) is -1.47. The molecule has 1 rings (SSSR count). The summed E-state index contributed by atoms with van der Waals surface area (Å²) in [6.45, 7) is 1.71. The van der Waals surface area contributed by atoms with Gasteiger partial charge in [0.2, 0.25) is 0 Å². The van der Waals surface area contributed by atoms with Gasteiger partial charge in [0.05, 0.1) is 13.2 Å². The van der Waals surface area contributed by atoms with E-state index in [0.29, 0.717) is 5.56 Å². The van der Waals surface area contributed by atoms with Crippen LogP contribution in [0, 0.1) is 12.7 Å². The van der Waals surface area contributed by atoms with Crippen molar-refractivity contribution in [3.05, 3.63) is 35.1 Å². The van der Waals surface area contributed by atoms with Gasteiger partial charge < -0.3 is 4.74 Å². The topological polar surface area (TPSA) is 38.3 Å². The highest BCUT2D eigenvalue weighted by atomic mass is 19.4. The summed E-state index contributed by atoms with van der Waals surface area (Å²) < 4.78 is 54.9. The Kier molecular flexibility index (Phi) is 5.50. The van der Waals surface area contributed by atoms with E-state index in [9.17, 15) is 22.4 Å². The lowest BCUT2D eigenvalue weighted by Gasteiger charge is -2.19. The zero-order valence-electron chi connectivity index (χ0n) is 11.1. The first-order chi connectivity index (χ1) is 9.24. The average Bonchev–Trinajstić information content (AvgIpc) is 2.32. The van der Waals surface area contributed by atoms with E-state index in [1.54, 1.807) is 0 Å². The van der Waals surface area contributed by atoms with Crippen LogP contribution in [-0.2, 0) is 9.53 Å². The van der Waals surface area contributed by atoms with E-state index in [4.69, 9.17) is 4.74 Å². The molecule has 0 radical (unpaired) electrons. The zero-order valence-corrected chi connectivity index (χ0v) is 11.1. The van der Waals surface area contributed by atoms with Gasteiger partial charge in [0.15, 0.2) is 0 Å². The minimum Gasteiger partial charge on any atom is -0.465 e. The van der Waals surface area contributed by atoms with E-state index in [1.165, 1.54) is 26.0 Å². The molecule has 0 aliphatic rings. The van der Waals surface area contributed by atoms with Crippen LogP contribution in [0.5, 0.6) is 0 Å². The van der Waals surface area contributed by atoms with Crippen LogP contribution in [0.2, 0.25) is 0 Å². The molecular formula is C13H15F4NO2. The summed E-state index contributed by atoms with van der Waals surface area (Å²) in [6.07, 6.45) is -4.48. The molecule has 0 aromatic heterocycles. The number of ether oxygens (including phenoxy) is 1. The number of nitrogens with one attached hydrogen (secondary N) is 1. The molecule has 7 heteroatoms. The molecule has 0 spiro atoms. The molecule has 0 saturated heterocycles. The maximum Gasteiger partial charge on any atom is 0.401 e. The van der Waals surface area contributed by atoms with E-state index < -0.39 is 30.5 Å². The number of carbonyl (C=O) groups excluding carboxylic acids is 1. The van der Waals surface area contributed by atoms with Gasteiger partial charge in [0, 0.05) is 0 Å². The number of benzene rings is 1. The van der Waals surface area contributed by atoms with Crippen molar-refractivity contribution in [2.24, 2.45) is 0 Å². The van der Waals surface area contributed by atoms with Gasteiger partial charge in [0.25, 0.3) is 0 Å². The van der Waals surface area contributed by atoms with Crippen LogP contribution in [0.25, 0.3) is 0 Å². The minimum atomic E-state index is -4.48. The number of carbonyl (C=O) groups is 1. The summed E-state index contributed by atoms with van der Waals surface area (Å²) >= 11 is 0. The van der Waals surface area contributed by atoms with Gasteiger partial charge in [-0.05, 0) is 31.0 Å². The lowest BCUT2D eigenvalue weighted by Crippen LogP contribution is -2.37. The number of esters is 1. The Balaban J connectivity index is 2.96. The fourth-order valence-electron chi connectivity index (χ4n) is 1.57. The quantitative estimate of drug-likeness (QED) is 0.670. The van der Waals surface area contributed by atoms with Crippen molar-refractivity contribution >= 4 is 5.97 Å². The van der Waals surface area contributed by atoms with Crippen LogP contribution in [0.4, 0.5) is 17.6 Å². The number of hydrogen-bond acceptors (Lipinski definition) is 3. The first-order valence-corrected chi connectivity index (χ1v) is 5.97. The van der Waals surface area contributed by atoms with Gasteiger partial charge in [0.1, 0.15) is 11.9 Å². The van der Waals surface area contributed by atoms with Crippen molar-refractivity contribution < 1.29 is 27.1 Å². The Bertz CT molecular complexity index is 474. The van der Waals surface area contributed by atoms with E-state index in [1.807, 2.05) is 5.32 Å². The second-order valence-corrected chi connectivity index (χ2v) is 4.19. The van der Waals surface area contributed by atoms with E-state index in [0.717, 1.165) is 6.07 Å². The third-order valence-electron chi connectivity index (χ3n) is 2.56. The van der Waals surface area contributed by atoms with Crippen molar-refractivity contribution in [3.63, 3.8) is 0 Å². The van der Waals surface area contributed by atoms with Gasteiger partial charge in [-0.2, -0.15) is 13.2 Å². The van der Waals surface area contributed by atoms with Crippen LogP contribution < -0.4 is 5.32 Å². The maximum absolute atomic E-state index is 13.5. The molecule has 0 amide bonds. The summed E-state index contributed by atoms with van der Waals surface area (Å²) in [5, 5.41) is 2.04. The van der Waals surface area contributed by atoms with E-state index in [2.05, 4.69) is 0 Å². The van der Waals surface area contributed by atoms with Crippen molar-refractivity contribution in [2.75, 3.05) is 13.2 Å². The molecule has 0 fully saturated rings. The molecule has 0 bridgehead atoms. The normalized spacial score (nSPS) is 13.1. The lowest BCUT2D eigenvalue weighted by atomic mass is 10.0. The van der Waals surface area contributed by atoms with Crippen LogP contribution in [-0.4, -0.2) is 25.3 Å². The number of rotatable bonds is 5. The van der Waals surface area contributed by atoms with Crippen molar-refractivity contribution in [1.82, 2.24) is 5.32 Å². The Hall–Kier alpha value is -1.63. The molecule has 1 aromatic rings. The predicted octanol–water partition coefficient (Wildman–Crippen LogP) is 2.89. The molecular weight excluding hydrogens is 278 g/mol. The molecule has 0 aliphatic carbocycles. The van der Waals surface area contributed by atoms with E-state index in [-0.39, 0.29) is 12.2 Å². The molecule has 3 nitrogen and oxygen atoms in total. The first-order valence-electron chi connectivity index (χ1n) is 5.97. The first kappa shape index (κ1) is 16.4. The molecule has 0 saturated carbocycles. The highest BCUT2D eigenvalue weighted by Crippen LogP contribution is 2.20. The fraction of sp³-hybridized carbons (Fsp3) is 0.462. The summed E-state index contributed by atoms with van der Waals surface area (Å²) in [7, 11) is 0. The lowest BCUT2D eigenvalue weighted by molar-refractivity contribution is -0.149. The van der Waals surface area contributed by atoms with Gasteiger partial charge in [-0.25, -0.2) is 9.18 Å². The molecule has 1 atom stereocenters. The van der Waals surface area contributed by atoms with Crippen molar-refractivity contribution in [2.45, 2.75) is 26.1 Å². The second-order valence-electron chi connectivity index (χ2n) is 4.19. The molecule has 1 unspecified atom stereocenters. The molecule has 112 valence electrons. The van der Waals surface area contributed by atoms with Crippen LogP contribution in [0.1, 0.15) is 24.1 Å². The minimum absolute atomic E-state index is 0.0252. The Morgan fingerprint density at radius 2 is 2.05 bits per heavy atom. The highest BCUT2D eigenvalue weighted by molar-refractivity contribution is 5.77. The monoisotopic (exact) mass is 293 g/mol. The zero-order chi connectivity index (χ0) is 15.3. The highest BCUT2D eigenvalue weighted by Gasteiger charge is 2.31. The van der Waals surface area contributed by atoms with Crippen molar-refractivity contribution in [3.8, 4) is 0 Å². The van der Waals surface area contributed by atoms with Crippen LogP contribution >= 0.6 is 0 Å². The number of hydrogen-bond donors (Lipinski definition) is 1. The van der Waals surface area contributed by atoms with Gasteiger partial charge >= 0.3 is 12.1 Å². The molecule has 1 aromatic carbocycles.